The van der Waals surface area contributed by atoms with Gasteiger partial charge in [-0.1, -0.05) is 72.8 Å². The van der Waals surface area contributed by atoms with Crippen molar-refractivity contribution in [3.8, 4) is 22.3 Å². The summed E-state index contributed by atoms with van der Waals surface area (Å²) in [5.74, 6) is 0. The number of hydrogen-bond donors (Lipinski definition) is 2. The summed E-state index contributed by atoms with van der Waals surface area (Å²) in [4.78, 5) is 0. The zero-order valence-corrected chi connectivity index (χ0v) is 12.2. The minimum absolute atomic E-state index is 0.543. The molecule has 22 heavy (non-hydrogen) atoms. The number of hydrogen-bond acceptors (Lipinski definition) is 2. The third kappa shape index (κ3) is 2.23. The second-order valence-corrected chi connectivity index (χ2v) is 5.60. The Labute approximate surface area is 130 Å². The first-order valence-corrected chi connectivity index (χ1v) is 7.52. The molecular weight excluding hydrogens is 270 g/mol. The molecule has 1 aliphatic rings. The van der Waals surface area contributed by atoms with Gasteiger partial charge >= 0.3 is 0 Å². The predicted octanol–water partition coefficient (Wildman–Crippen LogP) is 4.11. The smallest absolute Gasteiger partial charge is 0.131 e. The van der Waals surface area contributed by atoms with E-state index in [1.165, 1.54) is 27.8 Å². The van der Waals surface area contributed by atoms with Gasteiger partial charge in [0.25, 0.3) is 0 Å². The van der Waals surface area contributed by atoms with E-state index in [-0.39, 0.29) is 0 Å². The van der Waals surface area contributed by atoms with Crippen molar-refractivity contribution in [3.63, 3.8) is 0 Å². The van der Waals surface area contributed by atoms with Crippen LogP contribution in [0, 0.1) is 0 Å². The number of fused-ring (bicyclic) bond motifs is 1. The Morgan fingerprint density at radius 1 is 0.727 bits per heavy atom. The molecule has 2 heteroatoms. The summed E-state index contributed by atoms with van der Waals surface area (Å²) in [5, 5.41) is 13.0. The summed E-state index contributed by atoms with van der Waals surface area (Å²) < 4.78 is 0. The molecular formula is C20H17NO. The van der Waals surface area contributed by atoms with Crippen molar-refractivity contribution in [2.24, 2.45) is 0 Å². The molecule has 4 rings (SSSR count). The first-order chi connectivity index (χ1) is 10.8. The van der Waals surface area contributed by atoms with Crippen molar-refractivity contribution >= 4 is 0 Å². The van der Waals surface area contributed by atoms with E-state index in [1.807, 2.05) is 18.2 Å². The normalized spacial score (nSPS) is 16.5. The van der Waals surface area contributed by atoms with E-state index in [0.717, 1.165) is 5.56 Å². The average Bonchev–Trinajstić information content (AvgIpc) is 2.97. The van der Waals surface area contributed by atoms with Crippen molar-refractivity contribution in [2.45, 2.75) is 12.8 Å². The lowest BCUT2D eigenvalue weighted by atomic mass is 9.95. The van der Waals surface area contributed by atoms with Gasteiger partial charge in [-0.15, -0.1) is 0 Å². The second kappa shape index (κ2) is 5.41. The molecule has 1 atom stereocenters. The highest BCUT2D eigenvalue weighted by Gasteiger charge is 2.21. The highest BCUT2D eigenvalue weighted by atomic mass is 16.3. The molecule has 0 saturated carbocycles. The molecule has 3 aromatic rings. The van der Waals surface area contributed by atoms with E-state index in [0.29, 0.717) is 6.54 Å². The van der Waals surface area contributed by atoms with Crippen LogP contribution in [0.5, 0.6) is 0 Å². The monoisotopic (exact) mass is 287 g/mol. The van der Waals surface area contributed by atoms with Gasteiger partial charge in [-0.25, -0.2) is 0 Å². The number of nitrogens with one attached hydrogen (secondary N) is 1. The first-order valence-electron chi connectivity index (χ1n) is 7.52. The fourth-order valence-electron chi connectivity index (χ4n) is 3.11. The highest BCUT2D eigenvalue weighted by Crippen LogP contribution is 2.33. The summed E-state index contributed by atoms with van der Waals surface area (Å²) in [5.41, 5.74) is 7.01. The van der Waals surface area contributed by atoms with E-state index in [4.69, 9.17) is 0 Å². The van der Waals surface area contributed by atoms with Crippen LogP contribution in [0.2, 0.25) is 0 Å². The molecule has 0 spiro atoms. The van der Waals surface area contributed by atoms with Gasteiger partial charge < -0.3 is 5.11 Å². The van der Waals surface area contributed by atoms with E-state index < -0.39 is 6.23 Å². The lowest BCUT2D eigenvalue weighted by Gasteiger charge is -2.10. The van der Waals surface area contributed by atoms with Gasteiger partial charge in [-0.2, -0.15) is 0 Å². The summed E-state index contributed by atoms with van der Waals surface area (Å²) in [6.07, 6.45) is -0.543. The Balaban J connectivity index is 1.73. The zero-order valence-electron chi connectivity index (χ0n) is 12.2. The third-order valence-corrected chi connectivity index (χ3v) is 4.28. The maximum atomic E-state index is 9.93. The van der Waals surface area contributed by atoms with Crippen molar-refractivity contribution < 1.29 is 5.11 Å². The molecule has 1 unspecified atom stereocenters. The van der Waals surface area contributed by atoms with Crippen molar-refractivity contribution in [3.05, 3.63) is 83.9 Å². The summed E-state index contributed by atoms with van der Waals surface area (Å²) in [6.45, 7) is 0.715. The van der Waals surface area contributed by atoms with Gasteiger partial charge in [0.15, 0.2) is 0 Å². The minimum Gasteiger partial charge on any atom is -0.374 e. The number of rotatable bonds is 2. The van der Waals surface area contributed by atoms with Crippen molar-refractivity contribution in [1.29, 1.82) is 0 Å². The van der Waals surface area contributed by atoms with Crippen LogP contribution in [0.1, 0.15) is 17.4 Å². The van der Waals surface area contributed by atoms with E-state index >= 15 is 0 Å². The number of benzene rings is 3. The van der Waals surface area contributed by atoms with Crippen LogP contribution in [0.4, 0.5) is 0 Å². The lowest BCUT2D eigenvalue weighted by Crippen LogP contribution is -2.09. The molecule has 0 radical (unpaired) electrons. The third-order valence-electron chi connectivity index (χ3n) is 4.28. The van der Waals surface area contributed by atoms with E-state index in [1.54, 1.807) is 0 Å². The van der Waals surface area contributed by atoms with Crippen LogP contribution in [-0.4, -0.2) is 5.11 Å². The molecule has 0 amide bonds. The largest absolute Gasteiger partial charge is 0.374 e. The molecule has 0 aliphatic carbocycles. The van der Waals surface area contributed by atoms with Crippen LogP contribution in [0.15, 0.2) is 72.8 Å². The molecule has 0 saturated heterocycles. The number of aliphatic hydroxyl groups excluding tert-OH is 1. The fourth-order valence-corrected chi connectivity index (χ4v) is 3.11. The first kappa shape index (κ1) is 13.3. The van der Waals surface area contributed by atoms with Crippen LogP contribution in [0.25, 0.3) is 22.3 Å². The highest BCUT2D eigenvalue weighted by molar-refractivity contribution is 5.73. The van der Waals surface area contributed by atoms with E-state index in [9.17, 15) is 5.11 Å². The van der Waals surface area contributed by atoms with Gasteiger partial charge in [-0.05, 0) is 27.8 Å². The predicted molar refractivity (Wildman–Crippen MR) is 89.1 cm³/mol. The van der Waals surface area contributed by atoms with Gasteiger partial charge in [0.1, 0.15) is 6.23 Å². The Kier molecular flexibility index (Phi) is 3.26. The maximum absolute atomic E-state index is 9.93. The molecule has 2 N–H and O–H groups in total. The Morgan fingerprint density at radius 2 is 1.41 bits per heavy atom. The van der Waals surface area contributed by atoms with Crippen LogP contribution >= 0.6 is 0 Å². The van der Waals surface area contributed by atoms with E-state index in [2.05, 4.69) is 59.9 Å². The quantitative estimate of drug-likeness (QED) is 0.743. The standard InChI is InChI=1S/C20H17NO/c22-20-18-8-4-7-17(19(18)13-21-20)16-11-9-15(10-12-16)14-5-2-1-3-6-14/h1-12,20-22H,13H2. The van der Waals surface area contributed by atoms with Crippen LogP contribution in [-0.2, 0) is 6.54 Å². The summed E-state index contributed by atoms with van der Waals surface area (Å²) in [7, 11) is 0. The van der Waals surface area contributed by atoms with Crippen molar-refractivity contribution in [1.82, 2.24) is 5.32 Å². The lowest BCUT2D eigenvalue weighted by molar-refractivity contribution is 0.151. The van der Waals surface area contributed by atoms with Gasteiger partial charge in [0, 0.05) is 12.1 Å². The molecule has 0 fully saturated rings. The molecule has 3 aromatic carbocycles. The molecule has 1 heterocycles. The SMILES string of the molecule is OC1NCc2c(-c3ccc(-c4ccccc4)cc3)cccc21. The molecule has 2 nitrogen and oxygen atoms in total. The van der Waals surface area contributed by atoms with Crippen LogP contribution in [0.3, 0.4) is 0 Å². The summed E-state index contributed by atoms with van der Waals surface area (Å²) >= 11 is 0. The molecule has 0 bridgehead atoms. The van der Waals surface area contributed by atoms with Crippen LogP contribution < -0.4 is 5.32 Å². The molecule has 108 valence electrons. The molecule has 0 aromatic heterocycles. The average molecular weight is 287 g/mol. The van der Waals surface area contributed by atoms with Gasteiger partial charge in [0.05, 0.1) is 0 Å². The topological polar surface area (TPSA) is 32.3 Å². The van der Waals surface area contributed by atoms with Gasteiger partial charge in [0.2, 0.25) is 0 Å². The Bertz CT molecular complexity index is 794. The number of aliphatic hydroxyl groups is 1. The Hall–Kier alpha value is -2.42. The molecule has 1 aliphatic heterocycles. The second-order valence-electron chi connectivity index (χ2n) is 5.60. The zero-order chi connectivity index (χ0) is 14.9. The minimum atomic E-state index is -0.543. The van der Waals surface area contributed by atoms with Crippen molar-refractivity contribution in [2.75, 3.05) is 0 Å². The maximum Gasteiger partial charge on any atom is 0.131 e. The summed E-state index contributed by atoms with van der Waals surface area (Å²) in [6, 6.07) is 25.1. The Morgan fingerprint density at radius 3 is 2.18 bits per heavy atom. The fraction of sp³-hybridized carbons (Fsp3) is 0.100. The van der Waals surface area contributed by atoms with Gasteiger partial charge in [-0.3, -0.25) is 5.32 Å².